The van der Waals surface area contributed by atoms with Crippen molar-refractivity contribution in [3.05, 3.63) is 12.2 Å². The standard InChI is InChI=1S/C13H23N/c1-10-6-8-13(12(2,3)4)7-5-9-14-11(10)13/h11,14H,1,5-9H2,2-4H3. The Hall–Kier alpha value is -0.300. The van der Waals surface area contributed by atoms with Gasteiger partial charge < -0.3 is 5.32 Å². The number of hydrogen-bond donors (Lipinski definition) is 1. The third-order valence-corrected chi connectivity index (χ3v) is 4.49. The average Bonchev–Trinajstić information content (AvgIpc) is 2.45. The van der Waals surface area contributed by atoms with E-state index in [0.29, 0.717) is 16.9 Å². The first-order chi connectivity index (χ1) is 6.47. The summed E-state index contributed by atoms with van der Waals surface area (Å²) in [6, 6.07) is 0.594. The van der Waals surface area contributed by atoms with Crippen molar-refractivity contribution < 1.29 is 0 Å². The van der Waals surface area contributed by atoms with Gasteiger partial charge in [0.25, 0.3) is 0 Å². The van der Waals surface area contributed by atoms with E-state index in [2.05, 4.69) is 32.7 Å². The van der Waals surface area contributed by atoms with Crippen LogP contribution in [0.3, 0.4) is 0 Å². The maximum atomic E-state index is 4.23. The number of rotatable bonds is 0. The molecule has 0 amide bonds. The molecule has 1 nitrogen and oxygen atoms in total. The molecule has 80 valence electrons. The summed E-state index contributed by atoms with van der Waals surface area (Å²) in [5, 5.41) is 3.68. The lowest BCUT2D eigenvalue weighted by Crippen LogP contribution is -2.53. The zero-order chi connectivity index (χ0) is 10.4. The topological polar surface area (TPSA) is 12.0 Å². The molecule has 0 aromatic rings. The van der Waals surface area contributed by atoms with Crippen molar-refractivity contribution >= 4 is 0 Å². The Bertz CT molecular complexity index is 248. The van der Waals surface area contributed by atoms with Crippen LogP contribution >= 0.6 is 0 Å². The highest BCUT2D eigenvalue weighted by atomic mass is 15.0. The molecule has 2 atom stereocenters. The summed E-state index contributed by atoms with van der Waals surface area (Å²) >= 11 is 0. The monoisotopic (exact) mass is 193 g/mol. The lowest BCUT2D eigenvalue weighted by molar-refractivity contribution is 0.0353. The van der Waals surface area contributed by atoms with E-state index in [-0.39, 0.29) is 0 Å². The molecule has 2 unspecified atom stereocenters. The van der Waals surface area contributed by atoms with Crippen LogP contribution in [0, 0.1) is 10.8 Å². The van der Waals surface area contributed by atoms with E-state index in [1.54, 1.807) is 0 Å². The summed E-state index contributed by atoms with van der Waals surface area (Å²) in [6.45, 7) is 12.6. The average molecular weight is 193 g/mol. The van der Waals surface area contributed by atoms with Crippen LogP contribution in [0.1, 0.15) is 46.5 Å². The Labute approximate surface area is 88.0 Å². The maximum absolute atomic E-state index is 4.23. The van der Waals surface area contributed by atoms with E-state index in [4.69, 9.17) is 0 Å². The third kappa shape index (κ3) is 1.25. The van der Waals surface area contributed by atoms with Crippen LogP contribution in [0.5, 0.6) is 0 Å². The molecule has 1 N–H and O–H groups in total. The number of nitrogens with one attached hydrogen (secondary N) is 1. The molecule has 0 bridgehead atoms. The van der Waals surface area contributed by atoms with Crippen LogP contribution in [0.4, 0.5) is 0 Å². The summed E-state index contributed by atoms with van der Waals surface area (Å²) in [6.07, 6.45) is 5.29. The minimum atomic E-state index is 0.407. The van der Waals surface area contributed by atoms with E-state index in [1.807, 2.05) is 0 Å². The lowest BCUT2D eigenvalue weighted by atomic mass is 9.59. The summed E-state index contributed by atoms with van der Waals surface area (Å²) in [7, 11) is 0. The summed E-state index contributed by atoms with van der Waals surface area (Å²) in [5.74, 6) is 0. The zero-order valence-electron chi connectivity index (χ0n) is 9.82. The molecule has 0 aromatic heterocycles. The Morgan fingerprint density at radius 2 is 2.07 bits per heavy atom. The van der Waals surface area contributed by atoms with Gasteiger partial charge in [0.15, 0.2) is 0 Å². The normalized spacial score (nSPS) is 38.5. The van der Waals surface area contributed by atoms with E-state index in [1.165, 1.54) is 37.8 Å². The molecule has 1 aliphatic heterocycles. The van der Waals surface area contributed by atoms with Crippen LogP contribution in [-0.4, -0.2) is 12.6 Å². The number of piperidine rings is 1. The summed E-state index contributed by atoms with van der Waals surface area (Å²) in [4.78, 5) is 0. The largest absolute Gasteiger partial charge is 0.310 e. The Kier molecular flexibility index (Phi) is 2.26. The van der Waals surface area contributed by atoms with Crippen LogP contribution in [0.15, 0.2) is 12.2 Å². The van der Waals surface area contributed by atoms with Crippen LogP contribution in [-0.2, 0) is 0 Å². The predicted octanol–water partition coefficient (Wildman–Crippen LogP) is 3.12. The van der Waals surface area contributed by atoms with Crippen LogP contribution < -0.4 is 5.32 Å². The SMILES string of the molecule is C=C1CCC2(C(C)(C)C)CCCNC12. The Morgan fingerprint density at radius 3 is 2.64 bits per heavy atom. The van der Waals surface area contributed by atoms with Crippen molar-refractivity contribution in [2.75, 3.05) is 6.54 Å². The molecule has 0 radical (unpaired) electrons. The minimum absolute atomic E-state index is 0.407. The van der Waals surface area contributed by atoms with Gasteiger partial charge in [0.2, 0.25) is 0 Å². The molecule has 2 aliphatic rings. The molecule has 1 saturated carbocycles. The van der Waals surface area contributed by atoms with Gasteiger partial charge in [-0.25, -0.2) is 0 Å². The molecular weight excluding hydrogens is 170 g/mol. The maximum Gasteiger partial charge on any atom is 0.0338 e. The Morgan fingerprint density at radius 1 is 1.36 bits per heavy atom. The second-order valence-corrected chi connectivity index (χ2v) is 6.06. The highest BCUT2D eigenvalue weighted by Gasteiger charge is 2.52. The fourth-order valence-corrected chi connectivity index (χ4v) is 3.51. The van der Waals surface area contributed by atoms with Crippen molar-refractivity contribution in [1.82, 2.24) is 5.32 Å². The lowest BCUT2D eigenvalue weighted by Gasteiger charge is -2.49. The molecular formula is C13H23N. The van der Waals surface area contributed by atoms with Gasteiger partial charge in [-0.3, -0.25) is 0 Å². The second kappa shape index (κ2) is 3.10. The number of hydrogen-bond acceptors (Lipinski definition) is 1. The highest BCUT2D eigenvalue weighted by Crippen LogP contribution is 2.56. The minimum Gasteiger partial charge on any atom is -0.310 e. The first kappa shape index (κ1) is 10.2. The van der Waals surface area contributed by atoms with Gasteiger partial charge in [-0.15, -0.1) is 0 Å². The van der Waals surface area contributed by atoms with Gasteiger partial charge in [-0.05, 0) is 43.1 Å². The molecule has 0 aromatic carbocycles. The molecule has 1 heterocycles. The van der Waals surface area contributed by atoms with Gasteiger partial charge >= 0.3 is 0 Å². The molecule has 1 aliphatic carbocycles. The smallest absolute Gasteiger partial charge is 0.0338 e. The summed E-state index contributed by atoms with van der Waals surface area (Å²) < 4.78 is 0. The van der Waals surface area contributed by atoms with Crippen molar-refractivity contribution in [3.8, 4) is 0 Å². The molecule has 2 rings (SSSR count). The summed E-state index contributed by atoms with van der Waals surface area (Å²) in [5.41, 5.74) is 2.34. The molecule has 2 fully saturated rings. The zero-order valence-corrected chi connectivity index (χ0v) is 9.82. The quantitative estimate of drug-likeness (QED) is 0.583. The van der Waals surface area contributed by atoms with Crippen LogP contribution in [0.25, 0.3) is 0 Å². The second-order valence-electron chi connectivity index (χ2n) is 6.06. The van der Waals surface area contributed by atoms with Gasteiger partial charge in [0, 0.05) is 6.04 Å². The van der Waals surface area contributed by atoms with Crippen molar-refractivity contribution in [1.29, 1.82) is 0 Å². The predicted molar refractivity (Wildman–Crippen MR) is 61.3 cm³/mol. The van der Waals surface area contributed by atoms with E-state index >= 15 is 0 Å². The van der Waals surface area contributed by atoms with E-state index in [9.17, 15) is 0 Å². The number of fused-ring (bicyclic) bond motifs is 1. The van der Waals surface area contributed by atoms with Crippen molar-refractivity contribution in [2.45, 2.75) is 52.5 Å². The van der Waals surface area contributed by atoms with E-state index < -0.39 is 0 Å². The first-order valence-corrected chi connectivity index (χ1v) is 5.88. The first-order valence-electron chi connectivity index (χ1n) is 5.88. The van der Waals surface area contributed by atoms with Crippen molar-refractivity contribution in [2.24, 2.45) is 10.8 Å². The molecule has 1 heteroatoms. The molecule has 14 heavy (non-hydrogen) atoms. The van der Waals surface area contributed by atoms with E-state index in [0.717, 1.165) is 0 Å². The third-order valence-electron chi connectivity index (χ3n) is 4.49. The van der Waals surface area contributed by atoms with Gasteiger partial charge in [-0.1, -0.05) is 32.9 Å². The van der Waals surface area contributed by atoms with Crippen LogP contribution in [0.2, 0.25) is 0 Å². The Balaban J connectivity index is 2.34. The van der Waals surface area contributed by atoms with Crippen molar-refractivity contribution in [3.63, 3.8) is 0 Å². The van der Waals surface area contributed by atoms with Gasteiger partial charge in [0.05, 0.1) is 0 Å². The fourth-order valence-electron chi connectivity index (χ4n) is 3.51. The van der Waals surface area contributed by atoms with Gasteiger partial charge in [0.1, 0.15) is 0 Å². The fraction of sp³-hybridized carbons (Fsp3) is 0.846. The molecule has 0 spiro atoms. The molecule has 1 saturated heterocycles. The highest BCUT2D eigenvalue weighted by molar-refractivity contribution is 5.23. The van der Waals surface area contributed by atoms with Gasteiger partial charge in [-0.2, -0.15) is 0 Å².